The molecule has 2 fully saturated rings. The predicted octanol–water partition coefficient (Wildman–Crippen LogP) is 2.37. The zero-order valence-electron chi connectivity index (χ0n) is 17.7. The second-order valence-corrected chi connectivity index (χ2v) is 8.46. The number of amides is 2. The van der Waals surface area contributed by atoms with Crippen molar-refractivity contribution >= 4 is 17.8 Å². The average Bonchev–Trinajstić information content (AvgIpc) is 3.44. The Morgan fingerprint density at radius 2 is 1.73 bits per heavy atom. The van der Waals surface area contributed by atoms with Gasteiger partial charge in [0.05, 0.1) is 11.8 Å². The highest BCUT2D eigenvalue weighted by Gasteiger charge is 2.58. The Hall–Kier alpha value is -2.63. The zero-order valence-corrected chi connectivity index (χ0v) is 17.7. The second-order valence-electron chi connectivity index (χ2n) is 8.46. The molecule has 0 aromatic heterocycles. The number of carbonyl (C=O) groups is 2. The van der Waals surface area contributed by atoms with Crippen molar-refractivity contribution in [3.8, 4) is 0 Å². The van der Waals surface area contributed by atoms with Gasteiger partial charge in [-0.2, -0.15) is 0 Å². The topological polar surface area (TPSA) is 73.8 Å². The maximum Gasteiger partial charge on any atom is 0.233 e. The van der Waals surface area contributed by atoms with E-state index in [4.69, 9.17) is 0 Å². The molecule has 160 valence electrons. The summed E-state index contributed by atoms with van der Waals surface area (Å²) in [6.07, 6.45) is 8.01. The van der Waals surface area contributed by atoms with E-state index in [2.05, 4.69) is 52.0 Å². The quantitative estimate of drug-likeness (QED) is 0.216. The number of guanidine groups is 1. The molecule has 4 atom stereocenters. The molecule has 1 aromatic rings. The molecule has 3 aliphatic rings. The first-order valence-corrected chi connectivity index (χ1v) is 11.3. The van der Waals surface area contributed by atoms with Gasteiger partial charge >= 0.3 is 0 Å². The summed E-state index contributed by atoms with van der Waals surface area (Å²) in [6.45, 7) is 4.76. The van der Waals surface area contributed by atoms with Crippen molar-refractivity contribution in [1.82, 2.24) is 15.5 Å². The second kappa shape index (κ2) is 9.45. The Morgan fingerprint density at radius 3 is 2.40 bits per heavy atom. The fourth-order valence-corrected chi connectivity index (χ4v) is 5.09. The van der Waals surface area contributed by atoms with E-state index in [9.17, 15) is 9.59 Å². The van der Waals surface area contributed by atoms with Crippen molar-refractivity contribution in [2.45, 2.75) is 32.6 Å². The van der Waals surface area contributed by atoms with Crippen molar-refractivity contribution in [3.05, 3.63) is 48.0 Å². The van der Waals surface area contributed by atoms with Gasteiger partial charge in [-0.15, -0.1) is 0 Å². The number of nitrogens with zero attached hydrogens (tertiary/aromatic N) is 2. The molecule has 2 amide bonds. The number of allylic oxidation sites excluding steroid dienone is 2. The average molecular weight is 409 g/mol. The van der Waals surface area contributed by atoms with Gasteiger partial charge in [-0.05, 0) is 50.0 Å². The summed E-state index contributed by atoms with van der Waals surface area (Å²) < 4.78 is 0. The molecule has 30 heavy (non-hydrogen) atoms. The van der Waals surface area contributed by atoms with Crippen LogP contribution in [-0.4, -0.2) is 48.9 Å². The molecule has 2 aliphatic carbocycles. The van der Waals surface area contributed by atoms with Crippen LogP contribution in [0.1, 0.15) is 31.7 Å². The first kappa shape index (κ1) is 20.6. The number of aryl methyl sites for hydroxylation is 1. The van der Waals surface area contributed by atoms with Crippen LogP contribution in [0.25, 0.3) is 0 Å². The number of benzene rings is 1. The fourth-order valence-electron chi connectivity index (χ4n) is 5.09. The van der Waals surface area contributed by atoms with Crippen LogP contribution < -0.4 is 10.6 Å². The molecule has 2 bridgehead atoms. The fraction of sp³-hybridized carbons (Fsp3) is 0.542. The maximum absolute atomic E-state index is 12.7. The van der Waals surface area contributed by atoms with Gasteiger partial charge in [-0.3, -0.25) is 19.5 Å². The van der Waals surface area contributed by atoms with Crippen molar-refractivity contribution in [1.29, 1.82) is 0 Å². The maximum atomic E-state index is 12.7. The SMILES string of the molecule is CCNC(=NCCCN1C(=O)C2C3C=CC(C3)C2C1=O)NCCCc1ccccc1. The number of nitrogens with one attached hydrogen (secondary N) is 2. The van der Waals surface area contributed by atoms with Gasteiger partial charge in [0.25, 0.3) is 0 Å². The third-order valence-electron chi connectivity index (χ3n) is 6.49. The van der Waals surface area contributed by atoms with Crippen LogP contribution >= 0.6 is 0 Å². The van der Waals surface area contributed by atoms with E-state index in [-0.39, 0.29) is 35.5 Å². The standard InChI is InChI=1S/C24H32N4O2/c1-2-25-24(26-13-6-10-17-8-4-3-5-9-17)27-14-7-15-28-22(29)20-18-11-12-19(16-18)21(20)23(28)30/h3-5,8-9,11-12,18-21H,2,6-7,10,13-16H2,1H3,(H2,25,26,27). The van der Waals surface area contributed by atoms with E-state index in [1.165, 1.54) is 10.5 Å². The van der Waals surface area contributed by atoms with Crippen LogP contribution in [0.2, 0.25) is 0 Å². The summed E-state index contributed by atoms with van der Waals surface area (Å²) in [6, 6.07) is 10.5. The molecule has 1 aromatic carbocycles. The lowest BCUT2D eigenvalue weighted by molar-refractivity contribution is -0.140. The molecule has 0 spiro atoms. The first-order chi connectivity index (χ1) is 14.7. The summed E-state index contributed by atoms with van der Waals surface area (Å²) in [5.41, 5.74) is 1.34. The van der Waals surface area contributed by atoms with Gasteiger partial charge in [0.15, 0.2) is 5.96 Å². The van der Waals surface area contributed by atoms with E-state index in [0.29, 0.717) is 19.5 Å². The third-order valence-corrected chi connectivity index (χ3v) is 6.49. The summed E-state index contributed by atoms with van der Waals surface area (Å²) >= 11 is 0. The molecular weight excluding hydrogens is 376 g/mol. The minimum atomic E-state index is -0.0976. The Balaban J connectivity index is 1.20. The molecule has 1 saturated carbocycles. The number of hydrogen-bond donors (Lipinski definition) is 2. The molecule has 6 nitrogen and oxygen atoms in total. The van der Waals surface area contributed by atoms with E-state index in [0.717, 1.165) is 38.3 Å². The number of carbonyl (C=O) groups excluding carboxylic acids is 2. The third kappa shape index (κ3) is 4.27. The molecule has 1 heterocycles. The summed E-state index contributed by atoms with van der Waals surface area (Å²) in [7, 11) is 0. The summed E-state index contributed by atoms with van der Waals surface area (Å²) in [4.78, 5) is 31.6. The van der Waals surface area contributed by atoms with Crippen LogP contribution in [-0.2, 0) is 16.0 Å². The van der Waals surface area contributed by atoms with Crippen molar-refractivity contribution < 1.29 is 9.59 Å². The minimum Gasteiger partial charge on any atom is -0.357 e. The predicted molar refractivity (Wildman–Crippen MR) is 118 cm³/mol. The molecule has 4 unspecified atom stereocenters. The van der Waals surface area contributed by atoms with Gasteiger partial charge in [0.2, 0.25) is 11.8 Å². The number of likely N-dealkylation sites (tertiary alicyclic amines) is 1. The van der Waals surface area contributed by atoms with E-state index >= 15 is 0 Å². The largest absolute Gasteiger partial charge is 0.357 e. The van der Waals surface area contributed by atoms with Gasteiger partial charge in [-0.25, -0.2) is 0 Å². The lowest BCUT2D eigenvalue weighted by Crippen LogP contribution is -2.38. The Kier molecular flexibility index (Phi) is 6.50. The lowest BCUT2D eigenvalue weighted by atomic mass is 9.85. The summed E-state index contributed by atoms with van der Waals surface area (Å²) in [5, 5.41) is 6.63. The number of hydrogen-bond acceptors (Lipinski definition) is 3. The molecule has 0 radical (unpaired) electrons. The molecule has 2 N–H and O–H groups in total. The molecule has 6 heteroatoms. The molecular formula is C24H32N4O2. The van der Waals surface area contributed by atoms with E-state index in [1.807, 2.05) is 13.0 Å². The number of aliphatic imine (C=N–C) groups is 1. The molecule has 1 saturated heterocycles. The highest BCUT2D eigenvalue weighted by molar-refractivity contribution is 6.06. The van der Waals surface area contributed by atoms with Gasteiger partial charge < -0.3 is 10.6 Å². The lowest BCUT2D eigenvalue weighted by Gasteiger charge is -2.17. The Bertz CT molecular complexity index is 790. The van der Waals surface area contributed by atoms with Crippen molar-refractivity contribution in [2.24, 2.45) is 28.7 Å². The Morgan fingerprint density at radius 1 is 1.03 bits per heavy atom. The Labute approximate surface area is 178 Å². The van der Waals surface area contributed by atoms with Crippen LogP contribution in [0.3, 0.4) is 0 Å². The normalized spacial score (nSPS) is 27.1. The van der Waals surface area contributed by atoms with Crippen molar-refractivity contribution in [2.75, 3.05) is 26.2 Å². The molecule has 1 aliphatic heterocycles. The minimum absolute atomic E-state index is 0.0387. The number of fused-ring (bicyclic) bond motifs is 5. The van der Waals surface area contributed by atoms with E-state index < -0.39 is 0 Å². The van der Waals surface area contributed by atoms with Crippen LogP contribution in [0.15, 0.2) is 47.5 Å². The van der Waals surface area contributed by atoms with Crippen LogP contribution in [0, 0.1) is 23.7 Å². The zero-order chi connectivity index (χ0) is 20.9. The highest BCUT2D eigenvalue weighted by atomic mass is 16.2. The van der Waals surface area contributed by atoms with Gasteiger partial charge in [0.1, 0.15) is 0 Å². The molecule has 4 rings (SSSR count). The van der Waals surface area contributed by atoms with Crippen LogP contribution in [0.5, 0.6) is 0 Å². The van der Waals surface area contributed by atoms with Crippen LogP contribution in [0.4, 0.5) is 0 Å². The van der Waals surface area contributed by atoms with Gasteiger partial charge in [0, 0.05) is 26.2 Å². The van der Waals surface area contributed by atoms with E-state index in [1.54, 1.807) is 0 Å². The van der Waals surface area contributed by atoms with Gasteiger partial charge in [-0.1, -0.05) is 42.5 Å². The summed E-state index contributed by atoms with van der Waals surface area (Å²) in [5.74, 6) is 1.23. The van der Waals surface area contributed by atoms with Crippen molar-refractivity contribution in [3.63, 3.8) is 0 Å². The number of imide groups is 1. The monoisotopic (exact) mass is 408 g/mol. The highest BCUT2D eigenvalue weighted by Crippen LogP contribution is 2.52. The number of rotatable bonds is 9. The smallest absolute Gasteiger partial charge is 0.233 e. The first-order valence-electron chi connectivity index (χ1n) is 11.3.